The molecule has 20 heavy (non-hydrogen) atoms. The zero-order chi connectivity index (χ0) is 14.1. The summed E-state index contributed by atoms with van der Waals surface area (Å²) in [6.07, 6.45) is 0. The van der Waals surface area contributed by atoms with Gasteiger partial charge in [0.2, 0.25) is 5.36 Å². The monoisotopic (exact) mass is 283 g/mol. The molecule has 2 aliphatic rings. The van der Waals surface area contributed by atoms with Crippen molar-refractivity contribution in [2.45, 2.75) is 6.54 Å². The lowest BCUT2D eigenvalue weighted by Crippen LogP contribution is -2.20. The number of nitrogens with one attached hydrogen (secondary N) is 1. The van der Waals surface area contributed by atoms with Crippen LogP contribution < -0.4 is 15.2 Å². The van der Waals surface area contributed by atoms with Crippen molar-refractivity contribution in [2.75, 3.05) is 21.1 Å². The third-order valence-corrected chi connectivity index (χ3v) is 4.65. The first-order chi connectivity index (χ1) is 9.67. The molecule has 102 valence electrons. The molecule has 2 nitrogen and oxygen atoms in total. The van der Waals surface area contributed by atoms with Crippen molar-refractivity contribution >= 4 is 21.4 Å². The lowest BCUT2D eigenvalue weighted by Gasteiger charge is -2.08. The fourth-order valence-corrected chi connectivity index (χ4v) is 3.51. The predicted octanol–water partition coefficient (Wildman–Crippen LogP) is 2.76. The van der Waals surface area contributed by atoms with Crippen molar-refractivity contribution in [2.24, 2.45) is 0 Å². The molecule has 1 aromatic carbocycles. The van der Waals surface area contributed by atoms with Crippen molar-refractivity contribution in [3.05, 3.63) is 53.4 Å². The Labute approximate surface area is 123 Å². The summed E-state index contributed by atoms with van der Waals surface area (Å²) in [6.45, 7) is 0.915. The van der Waals surface area contributed by atoms with Gasteiger partial charge in [-0.3, -0.25) is 0 Å². The molecule has 1 aromatic rings. The fraction of sp³-hybridized carbons (Fsp3) is 0.235. The average molecular weight is 283 g/mol. The summed E-state index contributed by atoms with van der Waals surface area (Å²) < 4.78 is 3.49. The topological polar surface area (TPSA) is 15.0 Å². The van der Waals surface area contributed by atoms with E-state index in [1.54, 1.807) is 0 Å². The Morgan fingerprint density at radius 1 is 1.05 bits per heavy atom. The number of nitrogens with zero attached hydrogens (tertiary/aromatic N) is 1. The van der Waals surface area contributed by atoms with E-state index in [4.69, 9.17) is 0 Å². The maximum atomic E-state index is 3.21. The minimum Gasteiger partial charge on any atom is -0.316 e. The molecule has 0 saturated carbocycles. The second-order valence-corrected chi connectivity index (χ2v) is 6.35. The van der Waals surface area contributed by atoms with Crippen molar-refractivity contribution in [3.63, 3.8) is 0 Å². The molecular weight excluding hydrogens is 264 g/mol. The molecule has 1 N–H and O–H groups in total. The highest BCUT2D eigenvalue weighted by atomic mass is 32.1. The van der Waals surface area contributed by atoms with Crippen LogP contribution in [0.2, 0.25) is 0 Å². The average Bonchev–Trinajstić information content (AvgIpc) is 2.44. The summed E-state index contributed by atoms with van der Waals surface area (Å²) in [5.41, 5.74) is 2.65. The molecule has 1 aliphatic carbocycles. The van der Waals surface area contributed by atoms with Gasteiger partial charge in [-0.25, -0.2) is 4.58 Å². The van der Waals surface area contributed by atoms with E-state index in [-0.39, 0.29) is 0 Å². The van der Waals surface area contributed by atoms with Gasteiger partial charge in [0, 0.05) is 28.3 Å². The number of benzene rings is 2. The normalized spacial score (nSPS) is 11.2. The summed E-state index contributed by atoms with van der Waals surface area (Å²) in [4.78, 5) is 1.34. The number of hydrogen-bond donors (Lipinski definition) is 1. The molecule has 0 fully saturated rings. The van der Waals surface area contributed by atoms with E-state index >= 15 is 0 Å². The third-order valence-electron chi connectivity index (χ3n) is 3.50. The van der Waals surface area contributed by atoms with Crippen LogP contribution >= 0.6 is 11.3 Å². The van der Waals surface area contributed by atoms with E-state index in [9.17, 15) is 0 Å². The van der Waals surface area contributed by atoms with Crippen LogP contribution in [0, 0.1) is 0 Å². The molecule has 0 spiro atoms. The Morgan fingerprint density at radius 3 is 2.65 bits per heavy atom. The van der Waals surface area contributed by atoms with Crippen molar-refractivity contribution in [3.8, 4) is 10.4 Å². The van der Waals surface area contributed by atoms with Crippen LogP contribution in [0.15, 0.2) is 42.5 Å². The lowest BCUT2D eigenvalue weighted by atomic mass is 10.1. The van der Waals surface area contributed by atoms with Crippen molar-refractivity contribution in [1.29, 1.82) is 0 Å². The van der Waals surface area contributed by atoms with E-state index in [0.717, 1.165) is 6.54 Å². The van der Waals surface area contributed by atoms with E-state index in [1.807, 2.05) is 18.4 Å². The summed E-state index contributed by atoms with van der Waals surface area (Å²) in [5.74, 6) is 0. The highest BCUT2D eigenvalue weighted by Crippen LogP contribution is 2.32. The molecule has 0 aromatic heterocycles. The second-order valence-electron chi connectivity index (χ2n) is 5.27. The Kier molecular flexibility index (Phi) is 3.55. The van der Waals surface area contributed by atoms with Gasteiger partial charge in [-0.15, -0.1) is 11.3 Å². The molecule has 1 heterocycles. The minimum absolute atomic E-state index is 0.915. The van der Waals surface area contributed by atoms with Crippen molar-refractivity contribution in [1.82, 2.24) is 9.89 Å². The van der Waals surface area contributed by atoms with E-state index < -0.39 is 0 Å². The second kappa shape index (κ2) is 5.35. The molecule has 0 saturated heterocycles. The summed E-state index contributed by atoms with van der Waals surface area (Å²) >= 11 is 1.87. The highest BCUT2D eigenvalue weighted by molar-refractivity contribution is 7.21. The van der Waals surface area contributed by atoms with Crippen LogP contribution in [-0.4, -0.2) is 21.1 Å². The smallest absolute Gasteiger partial charge is 0.200 e. The molecular formula is C17H19N2S+. The van der Waals surface area contributed by atoms with Gasteiger partial charge in [0.1, 0.15) is 14.1 Å². The summed E-state index contributed by atoms with van der Waals surface area (Å²) in [7, 11) is 6.15. The molecule has 0 unspecified atom stereocenters. The van der Waals surface area contributed by atoms with Crippen LogP contribution in [-0.2, 0) is 6.54 Å². The standard InChI is InChI=1S/C17H19N2S/c1-18-11-12-4-5-13-9-14-6-7-15(19(2)3)10-17(14)20-16(13)8-12/h4-10,18H,11H2,1-3H3/q+1. The zero-order valence-electron chi connectivity index (χ0n) is 12.1. The SMILES string of the molecule is CNCc1ccc2cc3ccc(=[N+](C)C)cc-3sc2c1. The highest BCUT2D eigenvalue weighted by Gasteiger charge is 2.07. The first kappa shape index (κ1) is 13.3. The Bertz CT molecular complexity index is 798. The number of fused-ring (bicyclic) bond motifs is 2. The largest absolute Gasteiger partial charge is 0.316 e. The van der Waals surface area contributed by atoms with Crippen LogP contribution in [0.4, 0.5) is 0 Å². The van der Waals surface area contributed by atoms with Gasteiger partial charge in [0.15, 0.2) is 0 Å². The molecule has 0 radical (unpaired) electrons. The minimum atomic E-state index is 0.915. The van der Waals surface area contributed by atoms with Gasteiger partial charge in [0.05, 0.1) is 0 Å². The van der Waals surface area contributed by atoms with Crippen LogP contribution in [0.1, 0.15) is 5.56 Å². The van der Waals surface area contributed by atoms with Crippen molar-refractivity contribution < 1.29 is 0 Å². The first-order valence-electron chi connectivity index (χ1n) is 6.79. The maximum Gasteiger partial charge on any atom is 0.200 e. The van der Waals surface area contributed by atoms with Crippen LogP contribution in [0.25, 0.3) is 20.5 Å². The Morgan fingerprint density at radius 2 is 1.90 bits per heavy atom. The van der Waals surface area contributed by atoms with Gasteiger partial charge < -0.3 is 5.32 Å². The Hall–Kier alpha value is -1.71. The van der Waals surface area contributed by atoms with Crippen LogP contribution in [0.3, 0.4) is 0 Å². The predicted molar refractivity (Wildman–Crippen MR) is 88.3 cm³/mol. The summed E-state index contributed by atoms with van der Waals surface area (Å²) in [6, 6.07) is 15.6. The molecule has 0 atom stereocenters. The van der Waals surface area contributed by atoms with E-state index in [2.05, 4.69) is 66.5 Å². The number of rotatable bonds is 2. The van der Waals surface area contributed by atoms with Gasteiger partial charge in [-0.05, 0) is 41.8 Å². The van der Waals surface area contributed by atoms with Gasteiger partial charge in [0.25, 0.3) is 0 Å². The quantitative estimate of drug-likeness (QED) is 0.564. The van der Waals surface area contributed by atoms with E-state index in [0.29, 0.717) is 0 Å². The molecule has 0 bridgehead atoms. The zero-order valence-corrected chi connectivity index (χ0v) is 12.9. The molecule has 0 amide bonds. The fourth-order valence-electron chi connectivity index (χ4n) is 2.40. The van der Waals surface area contributed by atoms with Gasteiger partial charge in [-0.1, -0.05) is 12.1 Å². The maximum absolute atomic E-state index is 3.21. The van der Waals surface area contributed by atoms with Gasteiger partial charge >= 0.3 is 0 Å². The molecule has 3 heteroatoms. The first-order valence-corrected chi connectivity index (χ1v) is 7.60. The molecule has 1 aliphatic heterocycles. The Balaban J connectivity index is 2.25. The van der Waals surface area contributed by atoms with Gasteiger partial charge in [-0.2, -0.15) is 0 Å². The number of hydrogen-bond acceptors (Lipinski definition) is 2. The summed E-state index contributed by atoms with van der Waals surface area (Å²) in [5, 5.41) is 5.78. The third kappa shape index (κ3) is 2.47. The lowest BCUT2D eigenvalue weighted by molar-refractivity contribution is 0.814. The molecule has 3 rings (SSSR count). The van der Waals surface area contributed by atoms with Crippen LogP contribution in [0.5, 0.6) is 0 Å². The van der Waals surface area contributed by atoms with E-state index in [1.165, 1.54) is 31.4 Å².